The number of nitrogens with two attached hydrogens (primary N) is 2. The van der Waals surface area contributed by atoms with Crippen molar-refractivity contribution < 1.29 is 34.8 Å². The molecule has 4 atom stereocenters. The van der Waals surface area contributed by atoms with E-state index in [1.165, 1.54) is 24.2 Å². The summed E-state index contributed by atoms with van der Waals surface area (Å²) in [6.45, 7) is 0.335. The lowest BCUT2D eigenvalue weighted by Gasteiger charge is -2.57. The van der Waals surface area contributed by atoms with Crippen LogP contribution in [0.3, 0.4) is 0 Å². The van der Waals surface area contributed by atoms with Crippen LogP contribution in [0.25, 0.3) is 5.76 Å². The van der Waals surface area contributed by atoms with E-state index in [1.807, 2.05) is 19.0 Å². The summed E-state index contributed by atoms with van der Waals surface area (Å²) in [5, 5.41) is 50.1. The van der Waals surface area contributed by atoms with E-state index in [9.17, 15) is 34.8 Å². The maximum absolute atomic E-state index is 14.2. The molecule has 1 amide bonds. The van der Waals surface area contributed by atoms with Gasteiger partial charge in [-0.3, -0.25) is 19.3 Å². The van der Waals surface area contributed by atoms with E-state index in [0.29, 0.717) is 17.8 Å². The molecule has 5 fully saturated rings. The fourth-order valence-electron chi connectivity index (χ4n) is 10.6. The van der Waals surface area contributed by atoms with Crippen LogP contribution in [0, 0.1) is 29.6 Å². The van der Waals surface area contributed by atoms with Gasteiger partial charge in [-0.25, -0.2) is 4.99 Å². The van der Waals surface area contributed by atoms with Crippen LogP contribution in [0.15, 0.2) is 28.0 Å². The molecule has 13 nitrogen and oxygen atoms in total. The van der Waals surface area contributed by atoms with E-state index >= 15 is 0 Å². The largest absolute Gasteiger partial charge is 0.508 e. The number of nitrogens with one attached hydrogen (secondary N) is 1. The molecule has 0 heterocycles. The van der Waals surface area contributed by atoms with Crippen molar-refractivity contribution in [3.63, 3.8) is 0 Å². The minimum Gasteiger partial charge on any atom is -0.508 e. The van der Waals surface area contributed by atoms with Gasteiger partial charge in [0.15, 0.2) is 17.1 Å². The topological polar surface area (TPSA) is 215 Å². The number of Topliss-reactive ketones (excluding diaryl/α,β-unsaturated/α-hetero) is 2. The number of aliphatic hydroxyl groups excluding tert-OH is 2. The molecule has 7 aliphatic rings. The smallest absolute Gasteiger partial charge is 0.255 e. The zero-order chi connectivity index (χ0) is 34.6. The number of carbonyl (C=O) groups excluding carboxylic acids is 3. The molecule has 0 radical (unpaired) electrons. The average molecular weight is 663 g/mol. The molecule has 0 saturated heterocycles. The molecule has 1 aromatic carbocycles. The van der Waals surface area contributed by atoms with Gasteiger partial charge in [0.2, 0.25) is 5.78 Å². The molecule has 0 spiro atoms. The van der Waals surface area contributed by atoms with Gasteiger partial charge in [-0.05, 0) is 101 Å². The molecule has 0 aliphatic heterocycles. The minimum atomic E-state index is -2.70. The number of likely N-dealkylation sites (N-methyl/N-ethyl adjacent to an activating group) is 1. The van der Waals surface area contributed by atoms with E-state index in [4.69, 9.17) is 11.5 Å². The highest BCUT2D eigenvalue weighted by Crippen LogP contribution is 2.57. The summed E-state index contributed by atoms with van der Waals surface area (Å²) >= 11 is 0. The fourth-order valence-corrected chi connectivity index (χ4v) is 10.6. The predicted octanol–water partition coefficient (Wildman–Crippen LogP) is 1.58. The molecule has 4 bridgehead atoms. The van der Waals surface area contributed by atoms with Gasteiger partial charge in [-0.2, -0.15) is 0 Å². The van der Waals surface area contributed by atoms with Gasteiger partial charge >= 0.3 is 0 Å². The number of ketones is 2. The fraction of sp³-hybridized carbons (Fsp3) is 0.600. The Morgan fingerprint density at radius 1 is 1.00 bits per heavy atom. The SMILES string of the molecule is CN(C)c1cc(N=C(N)CNC23CC4CC(CC(C4)C2)C3)c(O)c2c1CC1CC3[C@H](N(C)C)C(=O)C(C(N)=O)=C(O)[C@@]3(O)C(=O)C1=C2O. The highest BCUT2D eigenvalue weighted by atomic mass is 16.3. The number of hydrogen-bond acceptors (Lipinski definition) is 11. The Kier molecular flexibility index (Phi) is 7.50. The van der Waals surface area contributed by atoms with E-state index in [2.05, 4.69) is 10.3 Å². The molecular weight excluding hydrogens is 616 g/mol. The van der Waals surface area contributed by atoms with Crippen LogP contribution in [-0.2, 0) is 20.8 Å². The Labute approximate surface area is 279 Å². The van der Waals surface area contributed by atoms with E-state index in [0.717, 1.165) is 37.0 Å². The second-order valence-electron chi connectivity index (χ2n) is 15.6. The normalized spacial score (nSPS) is 35.6. The number of aromatic hydroxyl groups is 1. The second-order valence-corrected chi connectivity index (χ2v) is 15.6. The summed E-state index contributed by atoms with van der Waals surface area (Å²) in [5.74, 6) is -4.44. The van der Waals surface area contributed by atoms with Gasteiger partial charge in [-0.15, -0.1) is 0 Å². The molecule has 5 saturated carbocycles. The van der Waals surface area contributed by atoms with Crippen LogP contribution >= 0.6 is 0 Å². The Balaban J connectivity index is 1.27. The molecule has 7 aliphatic carbocycles. The molecule has 13 heteroatoms. The molecule has 9 N–H and O–H groups in total. The molecular formula is C35H46N6O7. The number of aliphatic imine (C=N–C) groups is 1. The van der Waals surface area contributed by atoms with Crippen LogP contribution in [-0.4, -0.2) is 101 Å². The molecule has 1 aromatic rings. The lowest BCUT2D eigenvalue weighted by Crippen LogP contribution is -2.65. The minimum absolute atomic E-state index is 0.0157. The van der Waals surface area contributed by atoms with Crippen molar-refractivity contribution in [2.75, 3.05) is 39.6 Å². The predicted molar refractivity (Wildman–Crippen MR) is 179 cm³/mol. The number of hydrogen-bond donors (Lipinski definition) is 7. The van der Waals surface area contributed by atoms with E-state index < -0.39 is 58.0 Å². The number of phenolic OH excluding ortho intramolecular Hbond substituents is 1. The maximum Gasteiger partial charge on any atom is 0.255 e. The first-order valence-corrected chi connectivity index (χ1v) is 16.8. The van der Waals surface area contributed by atoms with Crippen LogP contribution in [0.4, 0.5) is 11.4 Å². The van der Waals surface area contributed by atoms with Crippen molar-refractivity contribution in [3.05, 3.63) is 34.1 Å². The molecule has 258 valence electrons. The van der Waals surface area contributed by atoms with Gasteiger partial charge in [-0.1, -0.05) is 0 Å². The Hall–Kier alpha value is -3.94. The molecule has 2 unspecified atom stereocenters. The number of benzene rings is 1. The van der Waals surface area contributed by atoms with E-state index in [-0.39, 0.29) is 46.8 Å². The summed E-state index contributed by atoms with van der Waals surface area (Å²) in [6, 6.07) is 0.557. The monoisotopic (exact) mass is 662 g/mol. The first kappa shape index (κ1) is 32.6. The van der Waals surface area contributed by atoms with Gasteiger partial charge in [0, 0.05) is 36.8 Å². The number of amidine groups is 1. The number of anilines is 1. The number of rotatable bonds is 7. The summed E-state index contributed by atoms with van der Waals surface area (Å²) in [7, 11) is 6.77. The lowest BCUT2D eigenvalue weighted by atomic mass is 9.53. The van der Waals surface area contributed by atoms with Crippen LogP contribution < -0.4 is 21.7 Å². The Morgan fingerprint density at radius 2 is 1.60 bits per heavy atom. The van der Waals surface area contributed by atoms with Crippen molar-refractivity contribution in [2.24, 2.45) is 46.0 Å². The number of amides is 1. The third-order valence-electron chi connectivity index (χ3n) is 12.1. The second kappa shape index (κ2) is 11.0. The van der Waals surface area contributed by atoms with Crippen molar-refractivity contribution in [1.82, 2.24) is 10.2 Å². The van der Waals surface area contributed by atoms with Crippen LogP contribution in [0.2, 0.25) is 0 Å². The first-order valence-electron chi connectivity index (χ1n) is 16.8. The summed E-state index contributed by atoms with van der Waals surface area (Å²) in [6.07, 6.45) is 7.57. The van der Waals surface area contributed by atoms with Gasteiger partial charge < -0.3 is 42.1 Å². The van der Waals surface area contributed by atoms with Crippen molar-refractivity contribution in [1.29, 1.82) is 0 Å². The van der Waals surface area contributed by atoms with Crippen molar-refractivity contribution in [3.8, 4) is 5.75 Å². The third kappa shape index (κ3) is 4.68. The standard InChI is InChI=1S/C35H46N6O7/c1-40(2)22-10-21(39-23(36)14-38-34-11-15-5-16(12-34)7-17(6-15)13-34)28(42)25-19(22)8-18-9-20-27(41(3)4)30(44)26(33(37)47)32(46)35(20,48)31(45)24(18)29(25)43/h10,15-18,20,27,38,42-43,46,48H,5-9,11-14H2,1-4H3,(H2,36,39)(H2,37,47)/t15?,16?,17?,18?,20?,27-,34?,35-/m0/s1. The van der Waals surface area contributed by atoms with E-state index in [1.54, 1.807) is 20.2 Å². The number of nitrogens with zero attached hydrogens (tertiary/aromatic N) is 3. The van der Waals surface area contributed by atoms with Crippen LogP contribution in [0.1, 0.15) is 56.1 Å². The zero-order valence-corrected chi connectivity index (χ0v) is 27.9. The van der Waals surface area contributed by atoms with Crippen molar-refractivity contribution >= 4 is 40.4 Å². The Bertz CT molecular complexity index is 1690. The maximum atomic E-state index is 14.2. The zero-order valence-electron chi connectivity index (χ0n) is 27.9. The number of fused-ring (bicyclic) bond motifs is 3. The Morgan fingerprint density at radius 3 is 2.15 bits per heavy atom. The van der Waals surface area contributed by atoms with Gasteiger partial charge in [0.05, 0.1) is 18.2 Å². The molecule has 48 heavy (non-hydrogen) atoms. The summed E-state index contributed by atoms with van der Waals surface area (Å²) in [4.78, 5) is 47.8. The number of aliphatic hydroxyl groups is 3. The summed E-state index contributed by atoms with van der Waals surface area (Å²) < 4.78 is 0. The number of carbonyl (C=O) groups is 3. The van der Waals surface area contributed by atoms with Crippen molar-refractivity contribution in [2.45, 2.75) is 68.5 Å². The third-order valence-corrected chi connectivity index (χ3v) is 12.1. The molecule has 8 rings (SSSR count). The first-order chi connectivity index (χ1) is 22.6. The highest BCUT2D eigenvalue weighted by Gasteiger charge is 2.64. The van der Waals surface area contributed by atoms with Crippen LogP contribution in [0.5, 0.6) is 5.75 Å². The average Bonchev–Trinajstić information content (AvgIpc) is 2.98. The quantitative estimate of drug-likeness (QED) is 0.126. The summed E-state index contributed by atoms with van der Waals surface area (Å²) in [5.41, 5.74) is 9.50. The van der Waals surface area contributed by atoms with Gasteiger partial charge in [0.1, 0.15) is 28.6 Å². The molecule has 0 aromatic heterocycles. The van der Waals surface area contributed by atoms with Gasteiger partial charge in [0.25, 0.3) is 5.91 Å². The highest BCUT2D eigenvalue weighted by molar-refractivity contribution is 6.24. The lowest BCUT2D eigenvalue weighted by molar-refractivity contribution is -0.153. The number of primary amides is 1. The number of phenols is 1.